The van der Waals surface area contributed by atoms with Crippen molar-refractivity contribution in [3.8, 4) is 0 Å². The van der Waals surface area contributed by atoms with Crippen LogP contribution >= 0.6 is 0 Å². The summed E-state index contributed by atoms with van der Waals surface area (Å²) >= 11 is 0. The molecule has 1 aliphatic rings. The van der Waals surface area contributed by atoms with E-state index in [2.05, 4.69) is 58.6 Å². The van der Waals surface area contributed by atoms with Gasteiger partial charge in [0.15, 0.2) is 5.96 Å². The summed E-state index contributed by atoms with van der Waals surface area (Å²) in [6.07, 6.45) is 2.65. The van der Waals surface area contributed by atoms with Gasteiger partial charge in [0.25, 0.3) is 0 Å². The summed E-state index contributed by atoms with van der Waals surface area (Å²) in [6, 6.07) is 11.0. The van der Waals surface area contributed by atoms with E-state index in [4.69, 9.17) is 0 Å². The molecule has 22 heavy (non-hydrogen) atoms. The van der Waals surface area contributed by atoms with Gasteiger partial charge in [-0.05, 0) is 44.3 Å². The summed E-state index contributed by atoms with van der Waals surface area (Å²) in [7, 11) is 1.83. The quantitative estimate of drug-likeness (QED) is 0.648. The largest absolute Gasteiger partial charge is 0.355 e. The minimum absolute atomic E-state index is 0.544. The Morgan fingerprint density at radius 1 is 1.23 bits per heavy atom. The lowest BCUT2D eigenvalue weighted by Gasteiger charge is -2.35. The molecule has 0 aliphatic carbocycles. The van der Waals surface area contributed by atoms with Crippen LogP contribution in [0.5, 0.6) is 0 Å². The fraction of sp³-hybridized carbons (Fsp3) is 0.611. The Morgan fingerprint density at radius 2 is 1.91 bits per heavy atom. The second-order valence-electron chi connectivity index (χ2n) is 6.36. The first-order chi connectivity index (χ1) is 10.7. The van der Waals surface area contributed by atoms with E-state index in [1.165, 1.54) is 31.5 Å². The molecule has 122 valence electrons. The summed E-state index contributed by atoms with van der Waals surface area (Å²) in [5, 5.41) is 6.82. The van der Waals surface area contributed by atoms with Gasteiger partial charge in [-0.25, -0.2) is 0 Å². The maximum absolute atomic E-state index is 4.31. The van der Waals surface area contributed by atoms with Gasteiger partial charge in [-0.3, -0.25) is 9.89 Å². The van der Waals surface area contributed by atoms with Crippen molar-refractivity contribution in [2.75, 3.05) is 26.7 Å². The highest BCUT2D eigenvalue weighted by Gasteiger charge is 2.20. The van der Waals surface area contributed by atoms with Crippen LogP contribution in [0.25, 0.3) is 0 Å². The summed E-state index contributed by atoms with van der Waals surface area (Å²) in [4.78, 5) is 6.89. The van der Waals surface area contributed by atoms with Crippen LogP contribution in [0.4, 0.5) is 0 Å². The first-order valence-corrected chi connectivity index (χ1v) is 8.41. The number of nitrogens with one attached hydrogen (secondary N) is 2. The number of guanidine groups is 1. The molecule has 1 heterocycles. The van der Waals surface area contributed by atoms with E-state index < -0.39 is 0 Å². The maximum atomic E-state index is 4.31. The number of rotatable bonds is 5. The van der Waals surface area contributed by atoms with Crippen molar-refractivity contribution in [3.05, 3.63) is 35.9 Å². The third kappa shape index (κ3) is 5.34. The number of hydrogen-bond acceptors (Lipinski definition) is 2. The van der Waals surface area contributed by atoms with Crippen LogP contribution in [0.3, 0.4) is 0 Å². The summed E-state index contributed by atoms with van der Waals surface area (Å²) < 4.78 is 0. The van der Waals surface area contributed by atoms with Crippen molar-refractivity contribution in [2.45, 2.75) is 39.3 Å². The fourth-order valence-electron chi connectivity index (χ4n) is 2.85. The highest BCUT2D eigenvalue weighted by molar-refractivity contribution is 5.79. The SMILES string of the molecule is CN=C(NCc1ccccc1)NCC(C)N1CCC(C)CC1. The molecule has 0 saturated carbocycles. The lowest BCUT2D eigenvalue weighted by molar-refractivity contribution is 0.147. The van der Waals surface area contributed by atoms with Crippen molar-refractivity contribution < 1.29 is 0 Å². The van der Waals surface area contributed by atoms with E-state index in [0.717, 1.165) is 25.0 Å². The van der Waals surface area contributed by atoms with Crippen LogP contribution in [0, 0.1) is 5.92 Å². The number of aliphatic imine (C=N–C) groups is 1. The topological polar surface area (TPSA) is 39.7 Å². The van der Waals surface area contributed by atoms with Crippen LogP contribution in [0.15, 0.2) is 35.3 Å². The van der Waals surface area contributed by atoms with E-state index in [0.29, 0.717) is 6.04 Å². The number of piperidine rings is 1. The van der Waals surface area contributed by atoms with Crippen molar-refractivity contribution in [1.29, 1.82) is 0 Å². The van der Waals surface area contributed by atoms with Crippen LogP contribution < -0.4 is 10.6 Å². The molecule has 0 aromatic heterocycles. The summed E-state index contributed by atoms with van der Waals surface area (Å²) in [5.41, 5.74) is 1.27. The Morgan fingerprint density at radius 3 is 2.55 bits per heavy atom. The molecule has 1 fully saturated rings. The van der Waals surface area contributed by atoms with Gasteiger partial charge < -0.3 is 10.6 Å². The summed E-state index contributed by atoms with van der Waals surface area (Å²) in [6.45, 7) is 8.84. The second-order valence-corrected chi connectivity index (χ2v) is 6.36. The van der Waals surface area contributed by atoms with Crippen LogP contribution in [0.2, 0.25) is 0 Å². The zero-order valence-electron chi connectivity index (χ0n) is 14.2. The Kier molecular flexibility index (Phi) is 6.72. The number of benzene rings is 1. The highest BCUT2D eigenvalue weighted by Crippen LogP contribution is 2.17. The lowest BCUT2D eigenvalue weighted by atomic mass is 9.98. The van der Waals surface area contributed by atoms with Crippen LogP contribution in [-0.4, -0.2) is 43.6 Å². The Hall–Kier alpha value is -1.55. The number of hydrogen-bond donors (Lipinski definition) is 2. The minimum atomic E-state index is 0.544. The molecule has 1 aromatic rings. The van der Waals surface area contributed by atoms with Gasteiger partial charge in [0.1, 0.15) is 0 Å². The third-order valence-corrected chi connectivity index (χ3v) is 4.53. The first-order valence-electron chi connectivity index (χ1n) is 8.41. The second kappa shape index (κ2) is 8.79. The predicted octanol–water partition coefficient (Wildman–Crippen LogP) is 2.47. The highest BCUT2D eigenvalue weighted by atomic mass is 15.2. The molecule has 2 N–H and O–H groups in total. The standard InChI is InChI=1S/C18H30N4/c1-15-9-11-22(12-10-15)16(2)13-20-18(19-3)21-14-17-7-5-4-6-8-17/h4-8,15-16H,9-14H2,1-3H3,(H2,19,20,21). The minimum Gasteiger partial charge on any atom is -0.355 e. The molecule has 0 radical (unpaired) electrons. The number of likely N-dealkylation sites (tertiary alicyclic amines) is 1. The summed E-state index contributed by atoms with van der Waals surface area (Å²) in [5.74, 6) is 1.76. The molecule has 1 unspecified atom stereocenters. The Balaban J connectivity index is 1.71. The molecule has 2 rings (SSSR count). The zero-order valence-corrected chi connectivity index (χ0v) is 14.2. The molecule has 1 atom stereocenters. The van der Waals surface area contributed by atoms with Gasteiger partial charge in [0.05, 0.1) is 0 Å². The fourth-order valence-corrected chi connectivity index (χ4v) is 2.85. The lowest BCUT2D eigenvalue weighted by Crippen LogP contribution is -2.47. The normalized spacial score (nSPS) is 19.0. The molecule has 4 nitrogen and oxygen atoms in total. The van der Waals surface area contributed by atoms with E-state index in [9.17, 15) is 0 Å². The molecule has 1 aliphatic heterocycles. The van der Waals surface area contributed by atoms with E-state index in [1.807, 2.05) is 13.1 Å². The molecular weight excluding hydrogens is 272 g/mol. The molecular formula is C18H30N4. The molecule has 0 bridgehead atoms. The van der Waals surface area contributed by atoms with Crippen molar-refractivity contribution in [1.82, 2.24) is 15.5 Å². The van der Waals surface area contributed by atoms with E-state index in [1.54, 1.807) is 0 Å². The third-order valence-electron chi connectivity index (χ3n) is 4.53. The van der Waals surface area contributed by atoms with Gasteiger partial charge in [-0.1, -0.05) is 37.3 Å². The van der Waals surface area contributed by atoms with Crippen molar-refractivity contribution in [2.24, 2.45) is 10.9 Å². The van der Waals surface area contributed by atoms with Crippen molar-refractivity contribution >= 4 is 5.96 Å². The van der Waals surface area contributed by atoms with E-state index in [-0.39, 0.29) is 0 Å². The Bertz CT molecular complexity index is 449. The predicted molar refractivity (Wildman–Crippen MR) is 94.1 cm³/mol. The van der Waals surface area contributed by atoms with Gasteiger partial charge in [-0.2, -0.15) is 0 Å². The number of nitrogens with zero attached hydrogens (tertiary/aromatic N) is 2. The smallest absolute Gasteiger partial charge is 0.191 e. The zero-order chi connectivity index (χ0) is 15.8. The van der Waals surface area contributed by atoms with E-state index >= 15 is 0 Å². The first kappa shape index (κ1) is 16.8. The molecule has 0 spiro atoms. The maximum Gasteiger partial charge on any atom is 0.191 e. The van der Waals surface area contributed by atoms with Crippen LogP contribution in [-0.2, 0) is 6.54 Å². The monoisotopic (exact) mass is 302 g/mol. The molecule has 4 heteroatoms. The molecule has 1 aromatic carbocycles. The van der Waals surface area contributed by atoms with Gasteiger partial charge in [0, 0.05) is 26.2 Å². The van der Waals surface area contributed by atoms with Crippen molar-refractivity contribution in [3.63, 3.8) is 0 Å². The Labute approximate surface area is 135 Å². The average molecular weight is 302 g/mol. The molecule has 0 amide bonds. The van der Waals surface area contributed by atoms with Crippen LogP contribution in [0.1, 0.15) is 32.3 Å². The molecule has 1 saturated heterocycles. The van der Waals surface area contributed by atoms with Gasteiger partial charge >= 0.3 is 0 Å². The van der Waals surface area contributed by atoms with Gasteiger partial charge in [0.2, 0.25) is 0 Å². The average Bonchev–Trinajstić information content (AvgIpc) is 2.56. The van der Waals surface area contributed by atoms with Gasteiger partial charge in [-0.15, -0.1) is 0 Å².